The molecular formula is C14H13N5O2. The summed E-state index contributed by atoms with van der Waals surface area (Å²) in [5.74, 6) is -0.354. The third-order valence-corrected chi connectivity index (χ3v) is 4.03. The van der Waals surface area contributed by atoms with Crippen LogP contribution in [0.3, 0.4) is 0 Å². The Labute approximate surface area is 119 Å². The zero-order valence-electron chi connectivity index (χ0n) is 11.2. The lowest BCUT2D eigenvalue weighted by atomic mass is 10.1. The summed E-state index contributed by atoms with van der Waals surface area (Å²) in [4.78, 5) is 20.6. The highest BCUT2D eigenvalue weighted by Gasteiger charge is 2.30. The lowest BCUT2D eigenvalue weighted by molar-refractivity contribution is -0.140. The summed E-state index contributed by atoms with van der Waals surface area (Å²) in [5.41, 5.74) is 0.797. The van der Waals surface area contributed by atoms with E-state index in [0.717, 1.165) is 27.6 Å². The molecule has 2 N–H and O–H groups in total. The molecule has 4 heterocycles. The van der Waals surface area contributed by atoms with Crippen molar-refractivity contribution >= 4 is 33.6 Å². The van der Waals surface area contributed by atoms with Gasteiger partial charge in [-0.2, -0.15) is 5.10 Å². The number of H-pyrrole nitrogens is 1. The summed E-state index contributed by atoms with van der Waals surface area (Å²) in [7, 11) is 0. The molecule has 3 aromatic rings. The molecule has 1 saturated heterocycles. The zero-order chi connectivity index (χ0) is 14.4. The van der Waals surface area contributed by atoms with Gasteiger partial charge in [0.1, 0.15) is 5.65 Å². The van der Waals surface area contributed by atoms with Crippen molar-refractivity contribution in [2.45, 2.75) is 6.42 Å². The van der Waals surface area contributed by atoms with Crippen molar-refractivity contribution in [1.82, 2.24) is 20.2 Å². The number of pyridine rings is 1. The van der Waals surface area contributed by atoms with E-state index >= 15 is 0 Å². The molecule has 0 spiro atoms. The van der Waals surface area contributed by atoms with Crippen LogP contribution < -0.4 is 4.90 Å². The van der Waals surface area contributed by atoms with Gasteiger partial charge in [0.2, 0.25) is 0 Å². The zero-order valence-corrected chi connectivity index (χ0v) is 11.2. The molecule has 0 radical (unpaired) electrons. The van der Waals surface area contributed by atoms with E-state index in [9.17, 15) is 4.79 Å². The number of carboxylic acid groups (broad SMARTS) is 1. The van der Waals surface area contributed by atoms with E-state index in [4.69, 9.17) is 5.11 Å². The monoisotopic (exact) mass is 283 g/mol. The molecular weight excluding hydrogens is 270 g/mol. The van der Waals surface area contributed by atoms with Crippen molar-refractivity contribution in [2.75, 3.05) is 18.0 Å². The van der Waals surface area contributed by atoms with Crippen LogP contribution in [-0.4, -0.2) is 44.3 Å². The first kappa shape index (κ1) is 12.1. The van der Waals surface area contributed by atoms with Crippen LogP contribution in [0.5, 0.6) is 0 Å². The molecule has 7 nitrogen and oxygen atoms in total. The maximum atomic E-state index is 11.1. The molecule has 1 unspecified atom stereocenters. The van der Waals surface area contributed by atoms with E-state index in [0.29, 0.717) is 19.5 Å². The molecule has 1 aliphatic rings. The highest BCUT2D eigenvalue weighted by atomic mass is 16.4. The average Bonchev–Trinajstić information content (AvgIpc) is 3.15. The van der Waals surface area contributed by atoms with Crippen LogP contribution in [0.1, 0.15) is 6.42 Å². The molecule has 0 bridgehead atoms. The van der Waals surface area contributed by atoms with Gasteiger partial charge < -0.3 is 15.0 Å². The predicted molar refractivity (Wildman–Crippen MR) is 77.1 cm³/mol. The molecule has 0 aliphatic carbocycles. The van der Waals surface area contributed by atoms with Gasteiger partial charge in [0.15, 0.2) is 5.82 Å². The van der Waals surface area contributed by atoms with Gasteiger partial charge in [0, 0.05) is 41.6 Å². The average molecular weight is 283 g/mol. The number of anilines is 1. The van der Waals surface area contributed by atoms with E-state index in [-0.39, 0.29) is 5.92 Å². The third-order valence-electron chi connectivity index (χ3n) is 4.03. The highest BCUT2D eigenvalue weighted by molar-refractivity contribution is 6.10. The second-order valence-corrected chi connectivity index (χ2v) is 5.27. The Morgan fingerprint density at radius 1 is 1.43 bits per heavy atom. The fraction of sp³-hybridized carbons (Fsp3) is 0.286. The second kappa shape index (κ2) is 4.41. The number of fused-ring (bicyclic) bond motifs is 3. The topological polar surface area (TPSA) is 95.0 Å². The van der Waals surface area contributed by atoms with Gasteiger partial charge in [-0.1, -0.05) is 0 Å². The van der Waals surface area contributed by atoms with E-state index in [1.54, 1.807) is 12.4 Å². The molecule has 21 heavy (non-hydrogen) atoms. The molecule has 1 aliphatic heterocycles. The number of carbonyl (C=O) groups is 1. The van der Waals surface area contributed by atoms with Crippen molar-refractivity contribution in [3.63, 3.8) is 0 Å². The Bertz CT molecular complexity index is 844. The maximum absolute atomic E-state index is 11.1. The van der Waals surface area contributed by atoms with E-state index in [1.807, 2.05) is 17.2 Å². The first-order chi connectivity index (χ1) is 10.2. The van der Waals surface area contributed by atoms with Gasteiger partial charge in [0.25, 0.3) is 0 Å². The first-order valence-corrected chi connectivity index (χ1v) is 6.79. The number of aromatic amines is 1. The van der Waals surface area contributed by atoms with Crippen LogP contribution in [0, 0.1) is 5.92 Å². The van der Waals surface area contributed by atoms with Crippen LogP contribution in [0.2, 0.25) is 0 Å². The van der Waals surface area contributed by atoms with Crippen molar-refractivity contribution in [3.05, 3.63) is 24.7 Å². The van der Waals surface area contributed by atoms with E-state index in [2.05, 4.69) is 20.2 Å². The summed E-state index contributed by atoms with van der Waals surface area (Å²) in [6, 6.07) is 1.96. The quantitative estimate of drug-likeness (QED) is 0.738. The number of rotatable bonds is 2. The first-order valence-electron chi connectivity index (χ1n) is 6.79. The van der Waals surface area contributed by atoms with E-state index in [1.165, 1.54) is 0 Å². The summed E-state index contributed by atoms with van der Waals surface area (Å²) in [6.45, 7) is 1.15. The lowest BCUT2D eigenvalue weighted by Crippen LogP contribution is -2.24. The third kappa shape index (κ3) is 1.81. The molecule has 1 atom stereocenters. The summed E-state index contributed by atoms with van der Waals surface area (Å²) >= 11 is 0. The van der Waals surface area contributed by atoms with Gasteiger partial charge in [0.05, 0.1) is 12.1 Å². The van der Waals surface area contributed by atoms with Crippen molar-refractivity contribution in [2.24, 2.45) is 5.92 Å². The minimum atomic E-state index is -0.751. The Hall–Kier alpha value is -2.70. The Morgan fingerprint density at radius 3 is 3.14 bits per heavy atom. The number of hydrogen-bond donors (Lipinski definition) is 2. The summed E-state index contributed by atoms with van der Waals surface area (Å²) in [6.07, 6.45) is 5.92. The minimum Gasteiger partial charge on any atom is -0.481 e. The van der Waals surface area contributed by atoms with Crippen molar-refractivity contribution < 1.29 is 9.90 Å². The van der Waals surface area contributed by atoms with Crippen LogP contribution in [-0.2, 0) is 4.79 Å². The largest absolute Gasteiger partial charge is 0.481 e. The minimum absolute atomic E-state index is 0.342. The van der Waals surface area contributed by atoms with Gasteiger partial charge in [-0.3, -0.25) is 4.79 Å². The Kier molecular flexibility index (Phi) is 2.53. The smallest absolute Gasteiger partial charge is 0.308 e. The molecule has 106 valence electrons. The molecule has 1 fully saturated rings. The van der Waals surface area contributed by atoms with Crippen LogP contribution in [0.4, 0.5) is 5.82 Å². The van der Waals surface area contributed by atoms with Crippen LogP contribution in [0.15, 0.2) is 24.7 Å². The Balaban J connectivity index is 1.89. The maximum Gasteiger partial charge on any atom is 0.308 e. The Morgan fingerprint density at radius 2 is 2.33 bits per heavy atom. The van der Waals surface area contributed by atoms with Gasteiger partial charge >= 0.3 is 5.97 Å². The SMILES string of the molecule is O=C(O)C1CCN(c2nncc3cnc4[nH]ccc4c23)C1. The molecule has 4 rings (SSSR count). The number of hydrogen-bond acceptors (Lipinski definition) is 5. The number of nitrogens with one attached hydrogen (secondary N) is 1. The molecule has 0 amide bonds. The van der Waals surface area contributed by atoms with Crippen LogP contribution in [0.25, 0.3) is 21.8 Å². The highest BCUT2D eigenvalue weighted by Crippen LogP contribution is 2.32. The van der Waals surface area contributed by atoms with Crippen molar-refractivity contribution in [3.8, 4) is 0 Å². The lowest BCUT2D eigenvalue weighted by Gasteiger charge is -2.18. The van der Waals surface area contributed by atoms with Crippen molar-refractivity contribution in [1.29, 1.82) is 0 Å². The van der Waals surface area contributed by atoms with Crippen LogP contribution >= 0.6 is 0 Å². The van der Waals surface area contributed by atoms with Gasteiger partial charge in [-0.05, 0) is 12.5 Å². The summed E-state index contributed by atoms with van der Waals surface area (Å²) < 4.78 is 0. The second-order valence-electron chi connectivity index (χ2n) is 5.27. The standard InChI is InChI=1S/C14H13N5O2/c20-14(21)8-2-4-19(7-8)13-11-9(6-17-18-13)5-16-12-10(11)1-3-15-12/h1,3,5-6,8H,2,4,7H2,(H,15,16)(H,20,21). The number of carboxylic acids is 1. The molecule has 0 saturated carbocycles. The number of aromatic nitrogens is 4. The molecule has 0 aromatic carbocycles. The molecule has 7 heteroatoms. The normalized spacial score (nSPS) is 18.7. The molecule has 3 aromatic heterocycles. The van der Waals surface area contributed by atoms with Gasteiger partial charge in [-0.25, -0.2) is 4.98 Å². The van der Waals surface area contributed by atoms with E-state index < -0.39 is 5.97 Å². The fourth-order valence-electron chi connectivity index (χ4n) is 2.94. The number of aliphatic carboxylic acids is 1. The van der Waals surface area contributed by atoms with Gasteiger partial charge in [-0.15, -0.1) is 5.10 Å². The summed E-state index contributed by atoms with van der Waals surface area (Å²) in [5, 5.41) is 20.3. The number of nitrogens with zero attached hydrogens (tertiary/aromatic N) is 4. The predicted octanol–water partition coefficient (Wildman–Crippen LogP) is 1.42. The fourth-order valence-corrected chi connectivity index (χ4v) is 2.94.